The molecule has 0 radical (unpaired) electrons. The number of aliphatic hydroxyl groups excluding tert-OH is 2. The Balaban J connectivity index is 1.19. The second-order valence-electron chi connectivity index (χ2n) is 12.0. The number of hydrogen-bond acceptors (Lipinski definition) is 11. The van der Waals surface area contributed by atoms with Crippen LogP contribution < -0.4 is 10.6 Å². The van der Waals surface area contributed by atoms with Gasteiger partial charge in [0.2, 0.25) is 5.95 Å². The van der Waals surface area contributed by atoms with E-state index >= 15 is 0 Å². The number of anilines is 2. The Labute approximate surface area is 252 Å². The molecule has 0 amide bonds. The second kappa shape index (κ2) is 11.0. The number of nitrogens with one attached hydrogen (secondary N) is 2. The zero-order chi connectivity index (χ0) is 29.9. The van der Waals surface area contributed by atoms with Gasteiger partial charge in [0.05, 0.1) is 44.4 Å². The standard InChI is InChI=1S/C30H33FN6O4S2/c1-15-23(29-36-25-22(42-29)10-11-32-24(25)17-4-5-17)28(37-30(34-15)33-13-16-2-3-16)35-21-12-18(26(38)27(21)39)14-43(40,41)20-8-6-19(31)7-9-20/h6-11,16-18,21,26-27,38-39H,2-5,12-14H2,1H3,(H2,33,34,35,37)/t18-,21?,26-,27+/m1/s1. The number of thiazole rings is 1. The SMILES string of the molecule is Cc1nc(NCC2CC2)nc(NC2C[C@H](CS(=O)(=O)c3ccc(F)cc3)[C@@H](O)[C@H]2O)c1-c1nc2c(C3CC3)nccc2s1. The number of aromatic nitrogens is 4. The number of aliphatic hydroxyl groups is 2. The van der Waals surface area contributed by atoms with Crippen LogP contribution in [0.25, 0.3) is 20.8 Å². The lowest BCUT2D eigenvalue weighted by Gasteiger charge is -2.21. The molecule has 3 aliphatic rings. The number of pyridine rings is 1. The molecule has 3 saturated carbocycles. The lowest BCUT2D eigenvalue weighted by molar-refractivity contribution is 0.0216. The Morgan fingerprint density at radius 1 is 1.02 bits per heavy atom. The maximum atomic E-state index is 13.4. The van der Waals surface area contributed by atoms with Gasteiger partial charge in [-0.2, -0.15) is 4.98 Å². The Hall–Kier alpha value is -3.26. The van der Waals surface area contributed by atoms with Gasteiger partial charge < -0.3 is 20.8 Å². The summed E-state index contributed by atoms with van der Waals surface area (Å²) in [6.07, 6.45) is 4.05. The van der Waals surface area contributed by atoms with Gasteiger partial charge >= 0.3 is 0 Å². The highest BCUT2D eigenvalue weighted by atomic mass is 32.2. The van der Waals surface area contributed by atoms with Crippen LogP contribution in [0, 0.1) is 24.6 Å². The van der Waals surface area contributed by atoms with Crippen molar-refractivity contribution in [3.05, 3.63) is 53.7 Å². The molecule has 3 aromatic heterocycles. The van der Waals surface area contributed by atoms with E-state index in [0.717, 1.165) is 52.4 Å². The van der Waals surface area contributed by atoms with Gasteiger partial charge in [-0.3, -0.25) is 4.98 Å². The summed E-state index contributed by atoms with van der Waals surface area (Å²) in [6.45, 7) is 2.67. The lowest BCUT2D eigenvalue weighted by atomic mass is 10.1. The van der Waals surface area contributed by atoms with Crippen molar-refractivity contribution < 1.29 is 23.0 Å². The van der Waals surface area contributed by atoms with E-state index in [0.29, 0.717) is 34.9 Å². The molecular weight excluding hydrogens is 592 g/mol. The number of rotatable bonds is 10. The van der Waals surface area contributed by atoms with E-state index in [1.54, 1.807) is 0 Å². The quantitative estimate of drug-likeness (QED) is 0.188. The molecule has 4 atom stereocenters. The summed E-state index contributed by atoms with van der Waals surface area (Å²) in [5.74, 6) is 0.303. The van der Waals surface area contributed by atoms with Gasteiger partial charge in [-0.15, -0.1) is 11.3 Å². The van der Waals surface area contributed by atoms with Gasteiger partial charge in [0.25, 0.3) is 0 Å². The van der Waals surface area contributed by atoms with E-state index in [2.05, 4.69) is 15.6 Å². The Kier molecular flexibility index (Phi) is 7.31. The van der Waals surface area contributed by atoms with Crippen molar-refractivity contribution in [3.8, 4) is 10.6 Å². The maximum absolute atomic E-state index is 13.4. The average molecular weight is 625 g/mol. The molecule has 10 nitrogen and oxygen atoms in total. The predicted octanol–water partition coefficient (Wildman–Crippen LogP) is 4.29. The van der Waals surface area contributed by atoms with Crippen LogP contribution in [0.3, 0.4) is 0 Å². The normalized spacial score (nSPS) is 24.0. The number of halogens is 1. The van der Waals surface area contributed by atoms with Crippen LogP contribution in [-0.4, -0.2) is 69.1 Å². The van der Waals surface area contributed by atoms with Crippen molar-refractivity contribution in [2.24, 2.45) is 11.8 Å². The van der Waals surface area contributed by atoms with E-state index in [4.69, 9.17) is 15.0 Å². The van der Waals surface area contributed by atoms with E-state index in [9.17, 15) is 23.0 Å². The fourth-order valence-electron chi connectivity index (χ4n) is 5.84. The molecule has 3 aliphatic carbocycles. The molecule has 3 heterocycles. The largest absolute Gasteiger partial charge is 0.390 e. The first-order chi connectivity index (χ1) is 20.7. The number of nitrogens with zero attached hydrogens (tertiary/aromatic N) is 4. The number of fused-ring (bicyclic) bond motifs is 1. The molecule has 0 bridgehead atoms. The fraction of sp³-hybridized carbons (Fsp3) is 0.467. The second-order valence-corrected chi connectivity index (χ2v) is 15.0. The minimum Gasteiger partial charge on any atom is -0.390 e. The number of benzene rings is 1. The van der Waals surface area contributed by atoms with Gasteiger partial charge in [0.1, 0.15) is 28.3 Å². The molecule has 226 valence electrons. The molecule has 1 unspecified atom stereocenters. The van der Waals surface area contributed by atoms with Crippen LogP contribution in [-0.2, 0) is 9.84 Å². The summed E-state index contributed by atoms with van der Waals surface area (Å²) in [5.41, 5.74) is 3.30. The summed E-state index contributed by atoms with van der Waals surface area (Å²) in [5, 5.41) is 29.4. The van der Waals surface area contributed by atoms with E-state index in [1.807, 2.05) is 19.2 Å². The molecule has 7 rings (SSSR count). The maximum Gasteiger partial charge on any atom is 0.224 e. The number of sulfone groups is 1. The topological polar surface area (TPSA) is 150 Å². The summed E-state index contributed by atoms with van der Waals surface area (Å²) in [6, 6.07) is 5.90. The molecular formula is C30H33FN6O4S2. The Morgan fingerprint density at radius 2 is 1.79 bits per heavy atom. The van der Waals surface area contributed by atoms with Crippen LogP contribution >= 0.6 is 11.3 Å². The van der Waals surface area contributed by atoms with E-state index in [1.165, 1.54) is 36.3 Å². The first-order valence-electron chi connectivity index (χ1n) is 14.7. The van der Waals surface area contributed by atoms with Crippen LogP contribution in [0.5, 0.6) is 0 Å². The smallest absolute Gasteiger partial charge is 0.224 e. The van der Waals surface area contributed by atoms with Crippen LogP contribution in [0.15, 0.2) is 41.4 Å². The lowest BCUT2D eigenvalue weighted by Crippen LogP contribution is -2.36. The first kappa shape index (κ1) is 28.5. The van der Waals surface area contributed by atoms with Gasteiger partial charge in [-0.1, -0.05) is 0 Å². The van der Waals surface area contributed by atoms with Gasteiger partial charge in [-0.25, -0.2) is 22.8 Å². The molecule has 0 saturated heterocycles. The van der Waals surface area contributed by atoms with Gasteiger partial charge in [-0.05, 0) is 75.3 Å². The highest BCUT2D eigenvalue weighted by Gasteiger charge is 2.44. The molecule has 3 fully saturated rings. The van der Waals surface area contributed by atoms with Crippen molar-refractivity contribution in [2.45, 2.75) is 68.1 Å². The third kappa shape index (κ3) is 5.83. The summed E-state index contributed by atoms with van der Waals surface area (Å²) < 4.78 is 40.5. The van der Waals surface area contributed by atoms with E-state index in [-0.39, 0.29) is 17.1 Å². The monoisotopic (exact) mass is 624 g/mol. The minimum atomic E-state index is -3.82. The van der Waals surface area contributed by atoms with Crippen molar-refractivity contribution in [3.63, 3.8) is 0 Å². The third-order valence-electron chi connectivity index (χ3n) is 8.58. The predicted molar refractivity (Wildman–Crippen MR) is 162 cm³/mol. The zero-order valence-electron chi connectivity index (χ0n) is 23.6. The Bertz CT molecular complexity index is 1780. The highest BCUT2D eigenvalue weighted by Crippen LogP contribution is 2.45. The van der Waals surface area contributed by atoms with Crippen molar-refractivity contribution in [1.29, 1.82) is 0 Å². The van der Waals surface area contributed by atoms with Crippen LogP contribution in [0.4, 0.5) is 16.2 Å². The van der Waals surface area contributed by atoms with Crippen LogP contribution in [0.2, 0.25) is 0 Å². The number of aryl methyl sites for hydroxylation is 1. The highest BCUT2D eigenvalue weighted by molar-refractivity contribution is 7.91. The molecule has 43 heavy (non-hydrogen) atoms. The molecule has 4 aromatic rings. The average Bonchev–Trinajstić information content (AvgIpc) is 3.91. The fourth-order valence-corrected chi connectivity index (χ4v) is 8.54. The third-order valence-corrected chi connectivity index (χ3v) is 11.5. The Morgan fingerprint density at radius 3 is 2.51 bits per heavy atom. The van der Waals surface area contributed by atoms with Crippen molar-refractivity contribution in [2.75, 3.05) is 22.9 Å². The molecule has 1 aromatic carbocycles. The molecule has 4 N–H and O–H groups in total. The van der Waals surface area contributed by atoms with Crippen molar-refractivity contribution >= 4 is 43.2 Å². The van der Waals surface area contributed by atoms with Crippen molar-refractivity contribution in [1.82, 2.24) is 19.9 Å². The minimum absolute atomic E-state index is 0.0250. The number of hydrogen-bond donors (Lipinski definition) is 4. The zero-order valence-corrected chi connectivity index (χ0v) is 25.2. The molecule has 0 spiro atoms. The van der Waals surface area contributed by atoms with E-state index < -0.39 is 39.8 Å². The molecule has 0 aliphatic heterocycles. The summed E-state index contributed by atoms with van der Waals surface area (Å²) in [7, 11) is -3.82. The van der Waals surface area contributed by atoms with Gasteiger partial charge in [0.15, 0.2) is 9.84 Å². The van der Waals surface area contributed by atoms with Gasteiger partial charge in [0, 0.05) is 24.6 Å². The summed E-state index contributed by atoms with van der Waals surface area (Å²) >= 11 is 1.53. The molecule has 13 heteroatoms. The van der Waals surface area contributed by atoms with Crippen LogP contribution in [0.1, 0.15) is 49.4 Å². The summed E-state index contributed by atoms with van der Waals surface area (Å²) in [4.78, 5) is 19.1. The first-order valence-corrected chi connectivity index (χ1v) is 17.1.